The van der Waals surface area contributed by atoms with E-state index in [1.54, 1.807) is 0 Å². The highest BCUT2D eigenvalue weighted by molar-refractivity contribution is 5.88. The first-order chi connectivity index (χ1) is 14.4. The number of carbonyl (C=O) groups excluding carboxylic acids is 3. The molecule has 1 N–H and O–H groups in total. The van der Waals surface area contributed by atoms with Crippen LogP contribution in [0, 0.1) is 29.1 Å². The van der Waals surface area contributed by atoms with Crippen molar-refractivity contribution in [3.8, 4) is 0 Å². The molecule has 0 aromatic heterocycles. The summed E-state index contributed by atoms with van der Waals surface area (Å²) in [6.07, 6.45) is 12.5. The SMILES string of the molecule is C[C@@H](NC(=O)COC(=O)[C@@H]1CC(=O)N(C2CCCC2)C1)C12CC3CC(CC(C3)C1)C2. The predicted molar refractivity (Wildman–Crippen MR) is 111 cm³/mol. The summed E-state index contributed by atoms with van der Waals surface area (Å²) < 4.78 is 5.34. The molecule has 166 valence electrons. The predicted octanol–water partition coefficient (Wildman–Crippen LogP) is 3.04. The van der Waals surface area contributed by atoms with Crippen molar-refractivity contribution in [1.29, 1.82) is 0 Å². The molecule has 6 fully saturated rings. The first kappa shape index (κ1) is 20.3. The van der Waals surface area contributed by atoms with Gasteiger partial charge in [0.05, 0.1) is 5.92 Å². The third kappa shape index (κ3) is 3.75. The molecule has 1 aliphatic heterocycles. The van der Waals surface area contributed by atoms with Gasteiger partial charge < -0.3 is 15.0 Å². The van der Waals surface area contributed by atoms with Gasteiger partial charge in [-0.15, -0.1) is 0 Å². The maximum Gasteiger partial charge on any atom is 0.311 e. The van der Waals surface area contributed by atoms with Crippen LogP contribution in [0.3, 0.4) is 0 Å². The number of nitrogens with zero attached hydrogens (tertiary/aromatic N) is 1. The average molecular weight is 417 g/mol. The Labute approximate surface area is 179 Å². The van der Waals surface area contributed by atoms with Crippen LogP contribution in [0.4, 0.5) is 0 Å². The second-order valence-corrected chi connectivity index (χ2v) is 11.1. The van der Waals surface area contributed by atoms with Crippen molar-refractivity contribution in [2.75, 3.05) is 13.2 Å². The zero-order valence-electron chi connectivity index (χ0n) is 18.2. The number of esters is 1. The fourth-order valence-electron chi connectivity index (χ4n) is 7.86. The van der Waals surface area contributed by atoms with E-state index >= 15 is 0 Å². The van der Waals surface area contributed by atoms with E-state index in [0.717, 1.165) is 43.4 Å². The summed E-state index contributed by atoms with van der Waals surface area (Å²) in [5.41, 5.74) is 0.244. The van der Waals surface area contributed by atoms with Gasteiger partial charge in [0.25, 0.3) is 5.91 Å². The van der Waals surface area contributed by atoms with Gasteiger partial charge in [0.2, 0.25) is 5.91 Å². The number of amides is 2. The first-order valence-corrected chi connectivity index (χ1v) is 12.2. The van der Waals surface area contributed by atoms with Gasteiger partial charge in [0.15, 0.2) is 6.61 Å². The van der Waals surface area contributed by atoms with Gasteiger partial charge in [-0.25, -0.2) is 0 Å². The number of likely N-dealkylation sites (tertiary alicyclic amines) is 1. The number of carbonyl (C=O) groups is 3. The molecule has 4 bridgehead atoms. The minimum atomic E-state index is -0.425. The van der Waals surface area contributed by atoms with Crippen LogP contribution < -0.4 is 5.32 Å². The largest absolute Gasteiger partial charge is 0.455 e. The van der Waals surface area contributed by atoms with E-state index in [1.807, 2.05) is 4.90 Å². The molecular formula is C24H36N2O4. The fraction of sp³-hybridized carbons (Fsp3) is 0.875. The van der Waals surface area contributed by atoms with E-state index in [4.69, 9.17) is 4.74 Å². The molecule has 0 aromatic rings. The average Bonchev–Trinajstić information content (AvgIpc) is 3.34. The van der Waals surface area contributed by atoms with E-state index in [-0.39, 0.29) is 36.3 Å². The maximum absolute atomic E-state index is 12.5. The molecule has 1 heterocycles. The molecule has 0 spiro atoms. The maximum atomic E-state index is 12.5. The summed E-state index contributed by atoms with van der Waals surface area (Å²) in [7, 11) is 0. The van der Waals surface area contributed by atoms with Crippen LogP contribution in [0.25, 0.3) is 0 Å². The van der Waals surface area contributed by atoms with E-state index in [2.05, 4.69) is 12.2 Å². The lowest BCUT2D eigenvalue weighted by Crippen LogP contribution is -2.56. The quantitative estimate of drug-likeness (QED) is 0.676. The van der Waals surface area contributed by atoms with Crippen LogP contribution in [0.2, 0.25) is 0 Å². The minimum Gasteiger partial charge on any atom is -0.455 e. The highest BCUT2D eigenvalue weighted by Crippen LogP contribution is 2.61. The molecule has 0 radical (unpaired) electrons. The molecule has 0 unspecified atom stereocenters. The Kier molecular flexibility index (Phi) is 5.30. The molecule has 2 atom stereocenters. The zero-order valence-corrected chi connectivity index (χ0v) is 18.2. The van der Waals surface area contributed by atoms with E-state index in [1.165, 1.54) is 38.5 Å². The van der Waals surface area contributed by atoms with Crippen molar-refractivity contribution in [3.05, 3.63) is 0 Å². The number of hydrogen-bond acceptors (Lipinski definition) is 4. The van der Waals surface area contributed by atoms with Gasteiger partial charge in [0, 0.05) is 25.0 Å². The highest BCUT2D eigenvalue weighted by atomic mass is 16.5. The normalized spacial score (nSPS) is 38.8. The number of nitrogens with one attached hydrogen (secondary N) is 1. The van der Waals surface area contributed by atoms with Gasteiger partial charge in [-0.2, -0.15) is 0 Å². The lowest BCUT2D eigenvalue weighted by atomic mass is 9.48. The van der Waals surface area contributed by atoms with Gasteiger partial charge in [0.1, 0.15) is 0 Å². The highest BCUT2D eigenvalue weighted by Gasteiger charge is 2.53. The third-order valence-electron chi connectivity index (χ3n) is 8.98. The van der Waals surface area contributed by atoms with Gasteiger partial charge in [-0.05, 0) is 81.5 Å². The summed E-state index contributed by atoms with van der Waals surface area (Å²) in [6.45, 7) is 2.36. The van der Waals surface area contributed by atoms with Crippen LogP contribution >= 0.6 is 0 Å². The van der Waals surface area contributed by atoms with Crippen molar-refractivity contribution in [3.63, 3.8) is 0 Å². The molecular weight excluding hydrogens is 380 g/mol. The molecule has 6 heteroatoms. The van der Waals surface area contributed by atoms with Crippen molar-refractivity contribution >= 4 is 17.8 Å². The van der Waals surface area contributed by atoms with Crippen LogP contribution in [0.15, 0.2) is 0 Å². The molecule has 30 heavy (non-hydrogen) atoms. The molecule has 5 saturated carbocycles. The summed E-state index contributed by atoms with van der Waals surface area (Å²) >= 11 is 0. The molecule has 6 rings (SSSR count). The summed E-state index contributed by atoms with van der Waals surface area (Å²) in [6, 6.07) is 0.419. The van der Waals surface area contributed by atoms with Crippen LogP contribution in [0.5, 0.6) is 0 Å². The van der Waals surface area contributed by atoms with Crippen LogP contribution in [-0.4, -0.2) is 47.9 Å². The van der Waals surface area contributed by atoms with Crippen molar-refractivity contribution < 1.29 is 19.1 Å². The topological polar surface area (TPSA) is 75.7 Å². The summed E-state index contributed by atoms with van der Waals surface area (Å²) in [5.74, 6) is 1.56. The lowest BCUT2D eigenvalue weighted by Gasteiger charge is -2.59. The molecule has 0 aromatic carbocycles. The number of ether oxygens (including phenoxy) is 1. The fourth-order valence-corrected chi connectivity index (χ4v) is 7.86. The number of hydrogen-bond donors (Lipinski definition) is 1. The molecule has 6 nitrogen and oxygen atoms in total. The van der Waals surface area contributed by atoms with Gasteiger partial charge in [-0.1, -0.05) is 12.8 Å². The van der Waals surface area contributed by atoms with Crippen LogP contribution in [-0.2, 0) is 19.1 Å². The van der Waals surface area contributed by atoms with Crippen molar-refractivity contribution in [2.24, 2.45) is 29.1 Å². The first-order valence-electron chi connectivity index (χ1n) is 12.2. The van der Waals surface area contributed by atoms with Gasteiger partial charge >= 0.3 is 5.97 Å². The van der Waals surface area contributed by atoms with Crippen LogP contribution in [0.1, 0.15) is 77.6 Å². The zero-order chi connectivity index (χ0) is 20.9. The van der Waals surface area contributed by atoms with Crippen molar-refractivity contribution in [2.45, 2.75) is 89.6 Å². The standard InChI is InChI=1S/C24H36N2O4/c1-15(24-10-16-6-17(11-24)8-18(7-16)12-24)25-21(27)14-30-23(29)19-9-22(28)26(13-19)20-4-2-3-5-20/h15-20H,2-14H2,1H3,(H,25,27)/t15-,16?,17?,18?,19-,24?/m1/s1. The number of rotatable bonds is 6. The Morgan fingerprint density at radius 1 is 1.10 bits per heavy atom. The Morgan fingerprint density at radius 2 is 1.70 bits per heavy atom. The Balaban J connectivity index is 1.10. The molecule has 6 aliphatic rings. The van der Waals surface area contributed by atoms with E-state index < -0.39 is 11.9 Å². The second kappa shape index (κ2) is 7.83. The van der Waals surface area contributed by atoms with Crippen molar-refractivity contribution in [1.82, 2.24) is 10.2 Å². The van der Waals surface area contributed by atoms with E-state index in [9.17, 15) is 14.4 Å². The smallest absolute Gasteiger partial charge is 0.311 e. The Bertz CT molecular complexity index is 679. The second-order valence-electron chi connectivity index (χ2n) is 11.1. The molecule has 5 aliphatic carbocycles. The Morgan fingerprint density at radius 3 is 2.30 bits per heavy atom. The monoisotopic (exact) mass is 416 g/mol. The lowest BCUT2D eigenvalue weighted by molar-refractivity contribution is -0.153. The van der Waals surface area contributed by atoms with E-state index in [0.29, 0.717) is 12.6 Å². The Hall–Kier alpha value is -1.59. The third-order valence-corrected chi connectivity index (χ3v) is 8.98. The molecule has 2 amide bonds. The molecule has 1 saturated heterocycles. The minimum absolute atomic E-state index is 0.0590. The summed E-state index contributed by atoms with van der Waals surface area (Å²) in [4.78, 5) is 39.2. The van der Waals surface area contributed by atoms with Gasteiger partial charge in [-0.3, -0.25) is 14.4 Å². The summed E-state index contributed by atoms with van der Waals surface area (Å²) in [5, 5.41) is 3.15.